The van der Waals surface area contributed by atoms with E-state index in [0.29, 0.717) is 0 Å². The van der Waals surface area contributed by atoms with Gasteiger partial charge in [0.1, 0.15) is 6.07 Å². The zero-order valence-corrected chi connectivity index (χ0v) is 16.8. The molecule has 146 valence electrons. The number of aryl methyl sites for hydroxylation is 1. The van der Waals surface area contributed by atoms with Crippen LogP contribution in [0.15, 0.2) is 36.2 Å². The minimum Gasteiger partial charge on any atom is -0.195 e. The van der Waals surface area contributed by atoms with E-state index in [1.54, 1.807) is 11.6 Å². The van der Waals surface area contributed by atoms with Crippen LogP contribution < -0.4 is 0 Å². The van der Waals surface area contributed by atoms with Gasteiger partial charge >= 0.3 is 0 Å². The summed E-state index contributed by atoms with van der Waals surface area (Å²) in [5.41, 5.74) is 2.99. The predicted molar refractivity (Wildman–Crippen MR) is 110 cm³/mol. The van der Waals surface area contributed by atoms with Crippen LogP contribution in [0.4, 0.5) is 4.39 Å². The second-order valence-corrected chi connectivity index (χ2v) is 8.73. The average molecular weight is 368 g/mol. The molecule has 0 bridgehead atoms. The largest absolute Gasteiger partial charge is 0.196 e. The van der Waals surface area contributed by atoms with Gasteiger partial charge in [-0.25, -0.2) is 0 Å². The first-order valence-electron chi connectivity index (χ1n) is 11.0. The van der Waals surface area contributed by atoms with Gasteiger partial charge in [0, 0.05) is 0 Å². The number of rotatable bonds is 6. The third kappa shape index (κ3) is 5.68. The Balaban J connectivity index is 1.40. The summed E-state index contributed by atoms with van der Waals surface area (Å²) in [7, 11) is 0. The Labute approximate surface area is 164 Å². The Bertz CT molecular complexity index is 638. The Kier molecular flexibility index (Phi) is 7.50. The van der Waals surface area contributed by atoms with Crippen LogP contribution in [0.3, 0.4) is 0 Å². The van der Waals surface area contributed by atoms with Crippen molar-refractivity contribution in [1.29, 1.82) is 5.26 Å². The van der Waals surface area contributed by atoms with Gasteiger partial charge in [-0.1, -0.05) is 44.0 Å². The topological polar surface area (TPSA) is 23.8 Å². The summed E-state index contributed by atoms with van der Waals surface area (Å²) in [6.45, 7) is 2.22. The number of hydrogen-bond donors (Lipinski definition) is 0. The Hall–Kier alpha value is -1.62. The molecule has 0 aromatic heterocycles. The van der Waals surface area contributed by atoms with Crippen molar-refractivity contribution in [3.05, 3.63) is 47.3 Å². The van der Waals surface area contributed by atoms with Crippen LogP contribution in [-0.4, -0.2) is 0 Å². The highest BCUT2D eigenvalue weighted by atomic mass is 19.1. The zero-order valence-electron chi connectivity index (χ0n) is 16.8. The third-order valence-corrected chi connectivity index (χ3v) is 7.19. The molecule has 0 spiro atoms. The van der Waals surface area contributed by atoms with Crippen LogP contribution in [0.1, 0.15) is 88.2 Å². The van der Waals surface area contributed by atoms with Crippen molar-refractivity contribution < 1.29 is 4.39 Å². The molecule has 1 aromatic carbocycles. The van der Waals surface area contributed by atoms with Crippen LogP contribution in [-0.2, 0) is 6.42 Å². The molecule has 0 atom stereocenters. The number of allylic oxidation sites excluding steroid dienone is 2. The standard InChI is InChI=1S/C25H34FN/c1-2-19-6-10-21(11-7-19)23-14-16-24(17-15-23)22-12-8-20(9-13-22)4-3-5-25(26)18-27/h5-7,10-11,20,22-24H,2-4,8-9,12-17H2,1H3/t20-,22-,23-,24-. The second kappa shape index (κ2) is 10.1. The van der Waals surface area contributed by atoms with Crippen LogP contribution in [0.25, 0.3) is 0 Å². The van der Waals surface area contributed by atoms with E-state index in [0.717, 1.165) is 42.9 Å². The second-order valence-electron chi connectivity index (χ2n) is 8.73. The number of halogens is 1. The molecular weight excluding hydrogens is 333 g/mol. The van der Waals surface area contributed by atoms with E-state index >= 15 is 0 Å². The maximum Gasteiger partial charge on any atom is 0.196 e. The first kappa shape index (κ1) is 20.1. The zero-order chi connectivity index (χ0) is 19.1. The van der Waals surface area contributed by atoms with Crippen molar-refractivity contribution >= 4 is 0 Å². The molecule has 0 radical (unpaired) electrons. The molecule has 1 nitrogen and oxygen atoms in total. The lowest BCUT2D eigenvalue weighted by atomic mass is 9.68. The monoisotopic (exact) mass is 367 g/mol. The van der Waals surface area contributed by atoms with E-state index in [-0.39, 0.29) is 0 Å². The summed E-state index contributed by atoms with van der Waals surface area (Å²) < 4.78 is 12.9. The van der Waals surface area contributed by atoms with E-state index in [9.17, 15) is 4.39 Å². The normalized spacial score (nSPS) is 29.3. The Morgan fingerprint density at radius 3 is 2.15 bits per heavy atom. The van der Waals surface area contributed by atoms with Crippen LogP contribution in [0, 0.1) is 29.1 Å². The number of hydrogen-bond acceptors (Lipinski definition) is 1. The lowest BCUT2D eigenvalue weighted by Gasteiger charge is -2.38. The van der Waals surface area contributed by atoms with Crippen LogP contribution in [0.2, 0.25) is 0 Å². The molecule has 1 aromatic rings. The van der Waals surface area contributed by atoms with Gasteiger partial charge in [0.15, 0.2) is 5.83 Å². The van der Waals surface area contributed by atoms with Gasteiger partial charge in [0.2, 0.25) is 0 Å². The quantitative estimate of drug-likeness (QED) is 0.478. The highest BCUT2D eigenvalue weighted by Gasteiger charge is 2.31. The number of benzene rings is 1. The van der Waals surface area contributed by atoms with E-state index in [2.05, 4.69) is 31.2 Å². The molecule has 0 heterocycles. The van der Waals surface area contributed by atoms with E-state index in [1.807, 2.05) is 0 Å². The molecule has 2 saturated carbocycles. The fraction of sp³-hybridized carbons (Fsp3) is 0.640. The first-order chi connectivity index (χ1) is 13.2. The summed E-state index contributed by atoms with van der Waals surface area (Å²) in [6, 6.07) is 10.9. The summed E-state index contributed by atoms with van der Waals surface area (Å²) in [6.07, 6.45) is 15.2. The lowest BCUT2D eigenvalue weighted by Crippen LogP contribution is -2.25. The highest BCUT2D eigenvalue weighted by Crippen LogP contribution is 2.44. The molecule has 0 saturated heterocycles. The molecular formula is C25H34FN. The Morgan fingerprint density at radius 2 is 1.59 bits per heavy atom. The summed E-state index contributed by atoms with van der Waals surface area (Å²) in [5, 5.41) is 8.47. The molecule has 0 aliphatic heterocycles. The number of nitrogens with zero attached hydrogens (tertiary/aromatic N) is 1. The van der Waals surface area contributed by atoms with Crippen molar-refractivity contribution in [2.45, 2.75) is 83.5 Å². The maximum atomic E-state index is 12.9. The molecule has 2 heteroatoms. The van der Waals surface area contributed by atoms with Crippen LogP contribution >= 0.6 is 0 Å². The van der Waals surface area contributed by atoms with Crippen molar-refractivity contribution in [1.82, 2.24) is 0 Å². The van der Waals surface area contributed by atoms with Gasteiger partial charge in [0.05, 0.1) is 0 Å². The average Bonchev–Trinajstić information content (AvgIpc) is 2.74. The van der Waals surface area contributed by atoms with Crippen LogP contribution in [0.5, 0.6) is 0 Å². The fourth-order valence-electron chi connectivity index (χ4n) is 5.39. The Morgan fingerprint density at radius 1 is 1.00 bits per heavy atom. The molecule has 0 N–H and O–H groups in total. The van der Waals surface area contributed by atoms with Gasteiger partial charge in [-0.15, -0.1) is 0 Å². The van der Waals surface area contributed by atoms with Gasteiger partial charge in [-0.05, 0) is 98.7 Å². The van der Waals surface area contributed by atoms with E-state index in [1.165, 1.54) is 63.0 Å². The minimum absolute atomic E-state index is 0.621. The third-order valence-electron chi connectivity index (χ3n) is 7.19. The van der Waals surface area contributed by atoms with Crippen molar-refractivity contribution in [3.8, 4) is 6.07 Å². The smallest absolute Gasteiger partial charge is 0.195 e. The maximum absolute atomic E-state index is 12.9. The molecule has 2 aliphatic rings. The SMILES string of the molecule is CCc1ccc([C@H]2CC[C@H]([C@H]3CC[C@H](CCC=C(F)C#N)CC3)CC2)cc1. The fourth-order valence-corrected chi connectivity index (χ4v) is 5.39. The van der Waals surface area contributed by atoms with Gasteiger partial charge in [0.25, 0.3) is 0 Å². The van der Waals surface area contributed by atoms with Gasteiger partial charge in [-0.2, -0.15) is 9.65 Å². The molecule has 0 unspecified atom stereocenters. The highest BCUT2D eigenvalue weighted by molar-refractivity contribution is 5.25. The lowest BCUT2D eigenvalue weighted by molar-refractivity contribution is 0.157. The minimum atomic E-state index is -0.621. The van der Waals surface area contributed by atoms with E-state index in [4.69, 9.17) is 5.26 Å². The van der Waals surface area contributed by atoms with Gasteiger partial charge < -0.3 is 0 Å². The predicted octanol–water partition coefficient (Wildman–Crippen LogP) is 7.49. The summed E-state index contributed by atoms with van der Waals surface area (Å²) in [5.74, 6) is 2.72. The van der Waals surface area contributed by atoms with Crippen molar-refractivity contribution in [2.24, 2.45) is 17.8 Å². The summed E-state index contributed by atoms with van der Waals surface area (Å²) in [4.78, 5) is 0. The number of nitriles is 1. The molecule has 3 rings (SSSR count). The first-order valence-corrected chi connectivity index (χ1v) is 11.0. The van der Waals surface area contributed by atoms with E-state index < -0.39 is 5.83 Å². The van der Waals surface area contributed by atoms with Crippen molar-refractivity contribution in [2.75, 3.05) is 0 Å². The molecule has 0 amide bonds. The van der Waals surface area contributed by atoms with Gasteiger partial charge in [-0.3, -0.25) is 0 Å². The molecule has 2 fully saturated rings. The molecule has 2 aliphatic carbocycles. The molecule has 27 heavy (non-hydrogen) atoms. The van der Waals surface area contributed by atoms with Crippen molar-refractivity contribution in [3.63, 3.8) is 0 Å². The summed E-state index contributed by atoms with van der Waals surface area (Å²) >= 11 is 0.